The van der Waals surface area contributed by atoms with Crippen LogP contribution in [-0.2, 0) is 0 Å². The Bertz CT molecular complexity index is 867. The molecule has 3 rings (SSSR count). The minimum atomic E-state index is 0.840. The Balaban J connectivity index is 2.03. The monoisotopic (exact) mass is 324 g/mol. The molecule has 122 valence electrons. The number of ether oxygens (including phenoxy) is 1. The average molecular weight is 324 g/mol. The molecule has 3 aromatic rings. The van der Waals surface area contributed by atoms with Crippen LogP contribution in [0.1, 0.15) is 23.6 Å². The molecule has 0 spiro atoms. The zero-order valence-corrected chi connectivity index (χ0v) is 14.5. The summed E-state index contributed by atoms with van der Waals surface area (Å²) in [4.78, 5) is 0. The van der Waals surface area contributed by atoms with Gasteiger partial charge < -0.3 is 4.74 Å². The lowest BCUT2D eigenvalue weighted by molar-refractivity contribution is 0.415. The van der Waals surface area contributed by atoms with Gasteiger partial charge in [-0.2, -0.15) is 0 Å². The Kier molecular flexibility index (Phi) is 5.34. The molecule has 0 radical (unpaired) electrons. The van der Waals surface area contributed by atoms with Crippen molar-refractivity contribution in [2.75, 3.05) is 7.11 Å². The van der Waals surface area contributed by atoms with Crippen molar-refractivity contribution in [3.8, 4) is 17.6 Å². The molecule has 0 fully saturated rings. The Hall–Kier alpha value is -3.24. The van der Waals surface area contributed by atoms with Gasteiger partial charge in [-0.1, -0.05) is 72.5 Å². The highest BCUT2D eigenvalue weighted by molar-refractivity contribution is 5.84. The van der Waals surface area contributed by atoms with Crippen LogP contribution in [0.25, 0.3) is 5.57 Å². The highest BCUT2D eigenvalue weighted by Crippen LogP contribution is 2.26. The van der Waals surface area contributed by atoms with Crippen molar-refractivity contribution in [3.63, 3.8) is 0 Å². The van der Waals surface area contributed by atoms with Crippen LogP contribution in [0.15, 0.2) is 90.5 Å². The summed E-state index contributed by atoms with van der Waals surface area (Å²) in [5.41, 5.74) is 5.54. The van der Waals surface area contributed by atoms with Crippen molar-refractivity contribution in [3.05, 3.63) is 107 Å². The summed E-state index contributed by atoms with van der Waals surface area (Å²) >= 11 is 0. The van der Waals surface area contributed by atoms with Crippen LogP contribution in [0.3, 0.4) is 0 Å². The van der Waals surface area contributed by atoms with Crippen molar-refractivity contribution in [1.82, 2.24) is 0 Å². The standard InChI is InChI=1S/C24H20O/c1-19(13-14-20-15-17-23(25-2)18-16-20)24(21-9-5-3-6-10-21)22-11-7-4-8-12-22/h3-12,15-18H,1-2H3. The highest BCUT2D eigenvalue weighted by Gasteiger charge is 2.07. The van der Waals surface area contributed by atoms with Crippen molar-refractivity contribution < 1.29 is 4.74 Å². The molecule has 0 aromatic heterocycles. The van der Waals surface area contributed by atoms with E-state index < -0.39 is 0 Å². The molecule has 1 nitrogen and oxygen atoms in total. The van der Waals surface area contributed by atoms with E-state index in [2.05, 4.69) is 67.3 Å². The van der Waals surface area contributed by atoms with E-state index in [1.165, 1.54) is 16.7 Å². The molecule has 0 N–H and O–H groups in total. The second kappa shape index (κ2) is 8.04. The molecule has 1 heteroatoms. The van der Waals surface area contributed by atoms with Crippen molar-refractivity contribution in [1.29, 1.82) is 0 Å². The van der Waals surface area contributed by atoms with E-state index in [0.717, 1.165) is 16.9 Å². The number of allylic oxidation sites excluding steroid dienone is 1. The molecule has 0 saturated heterocycles. The lowest BCUT2D eigenvalue weighted by atomic mass is 9.93. The predicted octanol–water partition coefficient (Wildman–Crippen LogP) is 5.57. The van der Waals surface area contributed by atoms with Crippen LogP contribution >= 0.6 is 0 Å². The molecular formula is C24H20O. The first-order chi connectivity index (χ1) is 12.3. The smallest absolute Gasteiger partial charge is 0.118 e. The fourth-order valence-electron chi connectivity index (χ4n) is 2.71. The van der Waals surface area contributed by atoms with Crippen LogP contribution in [0.5, 0.6) is 5.75 Å². The first-order valence-corrected chi connectivity index (χ1v) is 8.26. The van der Waals surface area contributed by atoms with Crippen LogP contribution < -0.4 is 4.74 Å². The van der Waals surface area contributed by atoms with Crippen molar-refractivity contribution in [2.24, 2.45) is 0 Å². The van der Waals surface area contributed by atoms with E-state index in [0.29, 0.717) is 0 Å². The third-order valence-electron chi connectivity index (χ3n) is 3.98. The van der Waals surface area contributed by atoms with Crippen molar-refractivity contribution in [2.45, 2.75) is 6.92 Å². The molecule has 0 aliphatic rings. The minimum Gasteiger partial charge on any atom is -0.497 e. The van der Waals surface area contributed by atoms with Gasteiger partial charge in [0.1, 0.15) is 5.75 Å². The van der Waals surface area contributed by atoms with Crippen molar-refractivity contribution >= 4 is 5.57 Å². The normalized spacial score (nSPS) is 9.68. The zero-order chi connectivity index (χ0) is 17.5. The quantitative estimate of drug-likeness (QED) is 0.572. The second-order valence-corrected chi connectivity index (χ2v) is 5.71. The molecule has 0 atom stereocenters. The molecule has 0 saturated carbocycles. The fourth-order valence-corrected chi connectivity index (χ4v) is 2.71. The molecule has 25 heavy (non-hydrogen) atoms. The van der Waals surface area contributed by atoms with Gasteiger partial charge in [0.15, 0.2) is 0 Å². The Morgan fingerprint density at radius 3 is 1.72 bits per heavy atom. The number of rotatable bonds is 3. The molecule has 0 aliphatic carbocycles. The van der Waals surface area contributed by atoms with Gasteiger partial charge in [-0.3, -0.25) is 0 Å². The van der Waals surface area contributed by atoms with E-state index in [9.17, 15) is 0 Å². The van der Waals surface area contributed by atoms with Crippen LogP contribution in [0.4, 0.5) is 0 Å². The van der Waals surface area contributed by atoms with Gasteiger partial charge >= 0.3 is 0 Å². The van der Waals surface area contributed by atoms with Crippen LogP contribution in [0, 0.1) is 11.8 Å². The van der Waals surface area contributed by atoms with E-state index >= 15 is 0 Å². The van der Waals surface area contributed by atoms with Gasteiger partial charge in [-0.25, -0.2) is 0 Å². The van der Waals surface area contributed by atoms with Gasteiger partial charge in [0.05, 0.1) is 7.11 Å². The fraction of sp³-hybridized carbons (Fsp3) is 0.0833. The Morgan fingerprint density at radius 1 is 0.720 bits per heavy atom. The van der Waals surface area contributed by atoms with Gasteiger partial charge in [-0.15, -0.1) is 0 Å². The number of methoxy groups -OCH3 is 1. The number of hydrogen-bond acceptors (Lipinski definition) is 1. The lowest BCUT2D eigenvalue weighted by Gasteiger charge is -2.10. The lowest BCUT2D eigenvalue weighted by Crippen LogP contribution is -1.91. The Labute approximate surface area is 149 Å². The molecule has 0 bridgehead atoms. The first-order valence-electron chi connectivity index (χ1n) is 8.26. The van der Waals surface area contributed by atoms with E-state index in [-0.39, 0.29) is 0 Å². The third kappa shape index (κ3) is 4.19. The molecule has 0 amide bonds. The van der Waals surface area contributed by atoms with Gasteiger partial charge in [0.25, 0.3) is 0 Å². The predicted molar refractivity (Wildman–Crippen MR) is 104 cm³/mol. The maximum atomic E-state index is 5.19. The largest absolute Gasteiger partial charge is 0.497 e. The minimum absolute atomic E-state index is 0.840. The number of hydrogen-bond donors (Lipinski definition) is 0. The maximum absolute atomic E-state index is 5.19. The van der Waals surface area contributed by atoms with Gasteiger partial charge in [0, 0.05) is 16.7 Å². The highest BCUT2D eigenvalue weighted by atomic mass is 16.5. The summed E-state index contributed by atoms with van der Waals surface area (Å²) in [6, 6.07) is 28.6. The van der Waals surface area contributed by atoms with Gasteiger partial charge in [0.2, 0.25) is 0 Å². The Morgan fingerprint density at radius 2 is 1.24 bits per heavy atom. The van der Waals surface area contributed by atoms with E-state index in [1.807, 2.05) is 36.4 Å². The third-order valence-corrected chi connectivity index (χ3v) is 3.98. The van der Waals surface area contributed by atoms with Crippen LogP contribution in [-0.4, -0.2) is 7.11 Å². The van der Waals surface area contributed by atoms with E-state index in [4.69, 9.17) is 4.74 Å². The summed E-state index contributed by atoms with van der Waals surface area (Å²) < 4.78 is 5.19. The van der Waals surface area contributed by atoms with Gasteiger partial charge in [-0.05, 0) is 42.3 Å². The summed E-state index contributed by atoms with van der Waals surface area (Å²) in [7, 11) is 1.67. The SMILES string of the molecule is COc1ccc(C#CC(C)=C(c2ccccc2)c2ccccc2)cc1. The molecule has 0 aliphatic heterocycles. The summed E-state index contributed by atoms with van der Waals surface area (Å²) in [6.07, 6.45) is 0. The summed E-state index contributed by atoms with van der Waals surface area (Å²) in [6.45, 7) is 2.08. The molecule has 0 heterocycles. The molecular weight excluding hydrogens is 304 g/mol. The first kappa shape index (κ1) is 16.6. The average Bonchev–Trinajstić information content (AvgIpc) is 2.69. The summed E-state index contributed by atoms with van der Waals surface area (Å²) in [5.74, 6) is 7.41. The topological polar surface area (TPSA) is 9.23 Å². The maximum Gasteiger partial charge on any atom is 0.118 e. The van der Waals surface area contributed by atoms with Crippen LogP contribution in [0.2, 0.25) is 0 Å². The second-order valence-electron chi connectivity index (χ2n) is 5.71. The number of benzene rings is 3. The summed E-state index contributed by atoms with van der Waals surface area (Å²) in [5, 5.41) is 0. The zero-order valence-electron chi connectivity index (χ0n) is 14.5. The molecule has 3 aromatic carbocycles. The van der Waals surface area contributed by atoms with E-state index in [1.54, 1.807) is 7.11 Å². The molecule has 0 unspecified atom stereocenters.